The van der Waals surface area contributed by atoms with Gasteiger partial charge in [-0.15, -0.1) is 11.3 Å². The Labute approximate surface area is 148 Å². The van der Waals surface area contributed by atoms with Crippen LogP contribution in [0.3, 0.4) is 0 Å². The highest BCUT2D eigenvalue weighted by molar-refractivity contribution is 7.21. The standard InChI is InChI=1S/C19H16N2O3S/c1-11-9-14(12(2)23-11)18(22)20-10-13-7-8-16(24-13)19-21-15-5-3-4-6-17(15)25-19/h3-9H,10H2,1-2H3,(H,20,22). The van der Waals surface area contributed by atoms with Crippen LogP contribution in [0.4, 0.5) is 0 Å². The smallest absolute Gasteiger partial charge is 0.255 e. The van der Waals surface area contributed by atoms with Crippen LogP contribution in [0.2, 0.25) is 0 Å². The van der Waals surface area contributed by atoms with Gasteiger partial charge in [-0.2, -0.15) is 0 Å². The number of furan rings is 2. The zero-order valence-corrected chi connectivity index (χ0v) is 14.6. The predicted molar refractivity (Wildman–Crippen MR) is 96.7 cm³/mol. The molecule has 0 aliphatic rings. The zero-order chi connectivity index (χ0) is 17.4. The summed E-state index contributed by atoms with van der Waals surface area (Å²) in [5.74, 6) is 2.55. The lowest BCUT2D eigenvalue weighted by Crippen LogP contribution is -2.22. The molecule has 0 aliphatic heterocycles. The van der Waals surface area contributed by atoms with Crippen molar-refractivity contribution in [3.63, 3.8) is 0 Å². The first kappa shape index (κ1) is 15.7. The summed E-state index contributed by atoms with van der Waals surface area (Å²) < 4.78 is 12.3. The molecular formula is C19H16N2O3S. The minimum Gasteiger partial charge on any atom is -0.466 e. The molecule has 0 radical (unpaired) electrons. The number of rotatable bonds is 4. The van der Waals surface area contributed by atoms with Crippen molar-refractivity contribution in [1.82, 2.24) is 10.3 Å². The van der Waals surface area contributed by atoms with Crippen molar-refractivity contribution in [3.8, 4) is 10.8 Å². The summed E-state index contributed by atoms with van der Waals surface area (Å²) in [4.78, 5) is 16.8. The number of benzene rings is 1. The number of hydrogen-bond acceptors (Lipinski definition) is 5. The van der Waals surface area contributed by atoms with Gasteiger partial charge in [-0.25, -0.2) is 4.98 Å². The fraction of sp³-hybridized carbons (Fsp3) is 0.158. The molecule has 1 N–H and O–H groups in total. The highest BCUT2D eigenvalue weighted by Gasteiger charge is 2.15. The van der Waals surface area contributed by atoms with Crippen LogP contribution in [0, 0.1) is 13.8 Å². The summed E-state index contributed by atoms with van der Waals surface area (Å²) in [6, 6.07) is 13.5. The molecule has 3 aromatic heterocycles. The summed E-state index contributed by atoms with van der Waals surface area (Å²) in [5.41, 5.74) is 1.51. The second kappa shape index (κ2) is 6.22. The number of hydrogen-bond donors (Lipinski definition) is 1. The fourth-order valence-corrected chi connectivity index (χ4v) is 3.61. The molecule has 126 valence electrons. The first-order valence-corrected chi connectivity index (χ1v) is 8.72. The molecule has 4 aromatic rings. The van der Waals surface area contributed by atoms with Crippen LogP contribution < -0.4 is 5.32 Å². The van der Waals surface area contributed by atoms with Gasteiger partial charge < -0.3 is 14.2 Å². The number of aromatic nitrogens is 1. The van der Waals surface area contributed by atoms with Crippen molar-refractivity contribution < 1.29 is 13.6 Å². The van der Waals surface area contributed by atoms with Gasteiger partial charge in [0, 0.05) is 0 Å². The molecule has 6 heteroatoms. The number of para-hydroxylation sites is 1. The Hall–Kier alpha value is -2.86. The topological polar surface area (TPSA) is 68.3 Å². The van der Waals surface area contributed by atoms with E-state index < -0.39 is 0 Å². The molecule has 0 spiro atoms. The van der Waals surface area contributed by atoms with Gasteiger partial charge >= 0.3 is 0 Å². The average molecular weight is 352 g/mol. The molecule has 4 rings (SSSR count). The molecule has 0 aliphatic carbocycles. The summed E-state index contributed by atoms with van der Waals surface area (Å²) in [7, 11) is 0. The predicted octanol–water partition coefficient (Wildman–Crippen LogP) is 4.70. The minimum atomic E-state index is -0.174. The molecule has 5 nitrogen and oxygen atoms in total. The maximum Gasteiger partial charge on any atom is 0.255 e. The second-order valence-electron chi connectivity index (χ2n) is 5.76. The molecular weight excluding hydrogens is 336 g/mol. The molecule has 1 aromatic carbocycles. The maximum atomic E-state index is 12.2. The van der Waals surface area contributed by atoms with Crippen LogP contribution in [0.1, 0.15) is 27.6 Å². The zero-order valence-electron chi connectivity index (χ0n) is 13.8. The third kappa shape index (κ3) is 3.08. The van der Waals surface area contributed by atoms with Gasteiger partial charge in [0.1, 0.15) is 17.3 Å². The fourth-order valence-electron chi connectivity index (χ4n) is 2.68. The first-order chi connectivity index (χ1) is 12.1. The Bertz CT molecular complexity index is 1020. The lowest BCUT2D eigenvalue weighted by atomic mass is 10.2. The van der Waals surface area contributed by atoms with Crippen molar-refractivity contribution >= 4 is 27.5 Å². The Balaban J connectivity index is 1.48. The molecule has 0 atom stereocenters. The average Bonchev–Trinajstić information content (AvgIpc) is 3.29. The van der Waals surface area contributed by atoms with Gasteiger partial charge in [-0.1, -0.05) is 12.1 Å². The van der Waals surface area contributed by atoms with E-state index in [4.69, 9.17) is 8.83 Å². The van der Waals surface area contributed by atoms with Crippen LogP contribution in [0.15, 0.2) is 51.3 Å². The van der Waals surface area contributed by atoms with E-state index in [1.807, 2.05) is 43.3 Å². The number of nitrogens with one attached hydrogen (secondary N) is 1. The lowest BCUT2D eigenvalue weighted by Gasteiger charge is -2.01. The van der Waals surface area contributed by atoms with E-state index in [1.54, 1.807) is 24.3 Å². The number of amides is 1. The van der Waals surface area contributed by atoms with Gasteiger partial charge in [0.05, 0.1) is 22.3 Å². The first-order valence-electron chi connectivity index (χ1n) is 7.90. The van der Waals surface area contributed by atoms with Gasteiger partial charge in [-0.05, 0) is 44.2 Å². The molecule has 0 bridgehead atoms. The molecule has 0 fully saturated rings. The normalized spacial score (nSPS) is 11.1. The Morgan fingerprint density at radius 2 is 2.00 bits per heavy atom. The number of fused-ring (bicyclic) bond motifs is 1. The van der Waals surface area contributed by atoms with E-state index >= 15 is 0 Å². The summed E-state index contributed by atoms with van der Waals surface area (Å²) in [6.07, 6.45) is 0. The van der Waals surface area contributed by atoms with E-state index in [0.717, 1.165) is 21.0 Å². The Morgan fingerprint density at radius 1 is 1.16 bits per heavy atom. The van der Waals surface area contributed by atoms with Crippen LogP contribution >= 0.6 is 11.3 Å². The third-order valence-electron chi connectivity index (χ3n) is 3.88. The number of aryl methyl sites for hydroxylation is 2. The number of nitrogens with zero attached hydrogens (tertiary/aromatic N) is 1. The maximum absolute atomic E-state index is 12.2. The van der Waals surface area contributed by atoms with E-state index in [1.165, 1.54) is 0 Å². The summed E-state index contributed by atoms with van der Waals surface area (Å²) in [6.45, 7) is 3.91. The van der Waals surface area contributed by atoms with Crippen LogP contribution in [-0.4, -0.2) is 10.9 Å². The monoisotopic (exact) mass is 352 g/mol. The van der Waals surface area contributed by atoms with E-state index in [0.29, 0.717) is 29.4 Å². The largest absolute Gasteiger partial charge is 0.466 e. The molecule has 0 unspecified atom stereocenters. The SMILES string of the molecule is Cc1cc(C(=O)NCc2ccc(-c3nc4ccccc4s3)o2)c(C)o1. The van der Waals surface area contributed by atoms with Crippen molar-refractivity contribution in [2.24, 2.45) is 0 Å². The lowest BCUT2D eigenvalue weighted by molar-refractivity contribution is 0.0946. The van der Waals surface area contributed by atoms with Crippen molar-refractivity contribution in [2.45, 2.75) is 20.4 Å². The van der Waals surface area contributed by atoms with Crippen LogP contribution in [0.5, 0.6) is 0 Å². The van der Waals surface area contributed by atoms with Crippen LogP contribution in [-0.2, 0) is 6.54 Å². The molecule has 3 heterocycles. The molecule has 1 amide bonds. The number of thiazole rings is 1. The summed E-state index contributed by atoms with van der Waals surface area (Å²) >= 11 is 1.59. The molecule has 0 saturated heterocycles. The number of carbonyl (C=O) groups excluding carboxylic acids is 1. The van der Waals surface area contributed by atoms with E-state index in [2.05, 4.69) is 10.3 Å². The highest BCUT2D eigenvalue weighted by atomic mass is 32.1. The van der Waals surface area contributed by atoms with Crippen molar-refractivity contribution in [3.05, 3.63) is 65.3 Å². The van der Waals surface area contributed by atoms with Gasteiger partial charge in [0.2, 0.25) is 0 Å². The van der Waals surface area contributed by atoms with Gasteiger partial charge in [0.25, 0.3) is 5.91 Å². The van der Waals surface area contributed by atoms with Crippen LogP contribution in [0.25, 0.3) is 21.0 Å². The minimum absolute atomic E-state index is 0.174. The van der Waals surface area contributed by atoms with Gasteiger partial charge in [0.15, 0.2) is 10.8 Å². The third-order valence-corrected chi connectivity index (χ3v) is 4.93. The number of carbonyl (C=O) groups is 1. The van der Waals surface area contributed by atoms with Gasteiger partial charge in [-0.3, -0.25) is 4.79 Å². The molecule has 25 heavy (non-hydrogen) atoms. The quantitative estimate of drug-likeness (QED) is 0.578. The Kier molecular flexibility index (Phi) is 3.89. The second-order valence-corrected chi connectivity index (χ2v) is 6.79. The van der Waals surface area contributed by atoms with Crippen molar-refractivity contribution in [1.29, 1.82) is 0 Å². The van der Waals surface area contributed by atoms with E-state index in [9.17, 15) is 4.79 Å². The summed E-state index contributed by atoms with van der Waals surface area (Å²) in [5, 5.41) is 3.68. The molecule has 0 saturated carbocycles. The van der Waals surface area contributed by atoms with Crippen molar-refractivity contribution in [2.75, 3.05) is 0 Å². The Morgan fingerprint density at radius 3 is 2.76 bits per heavy atom. The van der Waals surface area contributed by atoms with E-state index in [-0.39, 0.29) is 5.91 Å². The highest BCUT2D eigenvalue weighted by Crippen LogP contribution is 2.31.